The zero-order valence-electron chi connectivity index (χ0n) is 15.1. The first-order valence-electron chi connectivity index (χ1n) is 8.86. The minimum absolute atomic E-state index is 0.00793. The van der Waals surface area contributed by atoms with Gasteiger partial charge in [0.15, 0.2) is 0 Å². The van der Waals surface area contributed by atoms with E-state index in [9.17, 15) is 14.4 Å². The monoisotopic (exact) mass is 420 g/mol. The summed E-state index contributed by atoms with van der Waals surface area (Å²) in [6, 6.07) is 9.34. The van der Waals surface area contributed by atoms with Crippen molar-refractivity contribution in [3.8, 4) is 0 Å². The maximum absolute atomic E-state index is 12.8. The number of carbonyl (C=O) groups excluding carboxylic acids is 3. The largest absolute Gasteiger partial charge is 0.352 e. The number of nitrogens with zero attached hydrogens (tertiary/aromatic N) is 2. The lowest BCUT2D eigenvalue weighted by molar-refractivity contribution is -0.133. The molecule has 4 amide bonds. The van der Waals surface area contributed by atoms with Crippen molar-refractivity contribution in [1.29, 1.82) is 0 Å². The van der Waals surface area contributed by atoms with E-state index < -0.39 is 12.1 Å². The van der Waals surface area contributed by atoms with Gasteiger partial charge in [-0.3, -0.25) is 9.59 Å². The summed E-state index contributed by atoms with van der Waals surface area (Å²) in [5.41, 5.74) is 5.91. The smallest absolute Gasteiger partial charge is 0.312 e. The summed E-state index contributed by atoms with van der Waals surface area (Å²) in [7, 11) is 0. The number of nitrogens with two attached hydrogens (primary N) is 1. The van der Waals surface area contributed by atoms with Crippen LogP contribution in [0.5, 0.6) is 0 Å². The molecule has 3 N–H and O–H groups in total. The van der Waals surface area contributed by atoms with E-state index in [-0.39, 0.29) is 18.2 Å². The highest BCUT2D eigenvalue weighted by atomic mass is 35.5. The van der Waals surface area contributed by atoms with Gasteiger partial charge in [-0.2, -0.15) is 0 Å². The van der Waals surface area contributed by atoms with Gasteiger partial charge in [-0.15, -0.1) is 11.3 Å². The Bertz CT molecular complexity index is 851. The minimum Gasteiger partial charge on any atom is -0.352 e. The zero-order valence-corrected chi connectivity index (χ0v) is 16.7. The van der Waals surface area contributed by atoms with Gasteiger partial charge in [0.1, 0.15) is 0 Å². The number of piperazine rings is 1. The van der Waals surface area contributed by atoms with E-state index in [0.717, 1.165) is 0 Å². The van der Waals surface area contributed by atoms with Gasteiger partial charge in [-0.1, -0.05) is 35.9 Å². The van der Waals surface area contributed by atoms with Gasteiger partial charge in [0.25, 0.3) is 5.91 Å². The Morgan fingerprint density at radius 2 is 1.75 bits per heavy atom. The Labute approximate surface area is 172 Å². The van der Waals surface area contributed by atoms with Crippen molar-refractivity contribution in [2.45, 2.75) is 12.5 Å². The molecule has 0 radical (unpaired) electrons. The van der Waals surface area contributed by atoms with Crippen molar-refractivity contribution >= 4 is 40.8 Å². The average molecular weight is 421 g/mol. The summed E-state index contributed by atoms with van der Waals surface area (Å²) in [5, 5.41) is 4.92. The molecule has 0 bridgehead atoms. The number of hydrogen-bond acceptors (Lipinski definition) is 4. The molecule has 0 spiro atoms. The van der Waals surface area contributed by atoms with Gasteiger partial charge < -0.3 is 20.9 Å². The molecule has 0 aliphatic carbocycles. The third-order valence-corrected chi connectivity index (χ3v) is 5.83. The lowest BCUT2D eigenvalue weighted by atomic mass is 10.0. The summed E-state index contributed by atoms with van der Waals surface area (Å²) in [6.07, 6.45) is 0.0472. The highest BCUT2D eigenvalue weighted by Gasteiger charge is 2.28. The van der Waals surface area contributed by atoms with Crippen molar-refractivity contribution in [2.75, 3.05) is 26.2 Å². The van der Waals surface area contributed by atoms with Crippen LogP contribution in [0.25, 0.3) is 0 Å². The number of benzene rings is 1. The van der Waals surface area contributed by atoms with Crippen LogP contribution >= 0.6 is 22.9 Å². The van der Waals surface area contributed by atoms with Crippen LogP contribution in [-0.2, 0) is 4.79 Å². The first kappa shape index (κ1) is 20.2. The summed E-state index contributed by atoms with van der Waals surface area (Å²) in [6.45, 7) is 1.84. The molecule has 1 saturated heterocycles. The number of nitrogens with one attached hydrogen (secondary N) is 1. The van der Waals surface area contributed by atoms with Crippen LogP contribution in [0.3, 0.4) is 0 Å². The van der Waals surface area contributed by atoms with Gasteiger partial charge in [0, 0.05) is 31.2 Å². The molecule has 1 aliphatic heterocycles. The van der Waals surface area contributed by atoms with Crippen LogP contribution in [-0.4, -0.2) is 53.8 Å². The highest BCUT2D eigenvalue weighted by molar-refractivity contribution is 7.12. The Hall–Kier alpha value is -2.58. The summed E-state index contributed by atoms with van der Waals surface area (Å²) >= 11 is 7.62. The first-order valence-corrected chi connectivity index (χ1v) is 10.1. The number of thiophene rings is 1. The number of amides is 4. The molecule has 2 heterocycles. The van der Waals surface area contributed by atoms with Gasteiger partial charge in [0.05, 0.1) is 17.3 Å². The Balaban J connectivity index is 1.61. The molecule has 0 saturated carbocycles. The normalized spacial score (nSPS) is 15.2. The van der Waals surface area contributed by atoms with E-state index >= 15 is 0 Å². The molecule has 2 aromatic rings. The highest BCUT2D eigenvalue weighted by Crippen LogP contribution is 2.26. The molecular weight excluding hydrogens is 400 g/mol. The van der Waals surface area contributed by atoms with E-state index in [0.29, 0.717) is 41.6 Å². The fourth-order valence-electron chi connectivity index (χ4n) is 3.19. The third kappa shape index (κ3) is 4.82. The van der Waals surface area contributed by atoms with Crippen LogP contribution in [0, 0.1) is 0 Å². The van der Waals surface area contributed by atoms with Crippen LogP contribution in [0.2, 0.25) is 5.02 Å². The maximum Gasteiger partial charge on any atom is 0.312 e. The lowest BCUT2D eigenvalue weighted by Gasteiger charge is -2.35. The molecule has 1 fully saturated rings. The first-order chi connectivity index (χ1) is 13.5. The lowest BCUT2D eigenvalue weighted by Crippen LogP contribution is -2.51. The Kier molecular flexibility index (Phi) is 6.53. The third-order valence-electron chi connectivity index (χ3n) is 4.63. The molecule has 0 unspecified atom stereocenters. The molecule has 3 rings (SSSR count). The van der Waals surface area contributed by atoms with Crippen molar-refractivity contribution in [1.82, 2.24) is 15.1 Å². The topological polar surface area (TPSA) is 95.7 Å². The number of urea groups is 1. The zero-order chi connectivity index (χ0) is 20.1. The molecule has 7 nitrogen and oxygen atoms in total. The van der Waals surface area contributed by atoms with Crippen LogP contribution in [0.4, 0.5) is 4.79 Å². The predicted octanol–water partition coefficient (Wildman–Crippen LogP) is 2.49. The molecule has 28 heavy (non-hydrogen) atoms. The summed E-state index contributed by atoms with van der Waals surface area (Å²) in [4.78, 5) is 40.7. The average Bonchev–Trinajstić information content (AvgIpc) is 3.22. The molecule has 9 heteroatoms. The minimum atomic E-state index is -0.718. The number of primary amides is 1. The van der Waals surface area contributed by atoms with Crippen LogP contribution in [0.15, 0.2) is 41.8 Å². The fourth-order valence-corrected chi connectivity index (χ4v) is 4.15. The van der Waals surface area contributed by atoms with Gasteiger partial charge in [-0.05, 0) is 23.1 Å². The van der Waals surface area contributed by atoms with E-state index in [1.807, 2.05) is 11.4 Å². The molecule has 148 valence electrons. The van der Waals surface area contributed by atoms with E-state index in [2.05, 4.69) is 5.32 Å². The second kappa shape index (κ2) is 9.07. The second-order valence-corrected chi connectivity index (χ2v) is 7.79. The van der Waals surface area contributed by atoms with Crippen molar-refractivity contribution in [2.24, 2.45) is 5.73 Å². The SMILES string of the molecule is NC(=O)N[C@H](CC(=O)N1CCN(C(=O)c2cccs2)CC1)c1ccccc1Cl. The van der Waals surface area contributed by atoms with Gasteiger partial charge in [-0.25, -0.2) is 4.79 Å². The standard InChI is InChI=1S/C19H21ClN4O3S/c20-14-5-2-1-4-13(14)15(22-19(21)27)12-17(25)23-7-9-24(10-8-23)18(26)16-6-3-11-28-16/h1-6,11,15H,7-10,12H2,(H3,21,22,27)/t15-/m1/s1. The Morgan fingerprint density at radius 1 is 1.07 bits per heavy atom. The summed E-state index contributed by atoms with van der Waals surface area (Å²) in [5.74, 6) is -0.131. The van der Waals surface area contributed by atoms with Crippen LogP contribution < -0.4 is 11.1 Å². The van der Waals surface area contributed by atoms with E-state index in [4.69, 9.17) is 17.3 Å². The van der Waals surface area contributed by atoms with E-state index in [1.165, 1.54) is 11.3 Å². The molecule has 1 aromatic heterocycles. The molecule has 1 aliphatic rings. The number of rotatable bonds is 5. The van der Waals surface area contributed by atoms with Crippen molar-refractivity contribution in [3.05, 3.63) is 57.2 Å². The van der Waals surface area contributed by atoms with Gasteiger partial charge >= 0.3 is 6.03 Å². The number of halogens is 1. The number of hydrogen-bond donors (Lipinski definition) is 2. The Morgan fingerprint density at radius 3 is 2.36 bits per heavy atom. The number of carbonyl (C=O) groups is 3. The van der Waals surface area contributed by atoms with Crippen LogP contribution in [0.1, 0.15) is 27.7 Å². The van der Waals surface area contributed by atoms with Crippen molar-refractivity contribution < 1.29 is 14.4 Å². The fraction of sp³-hybridized carbons (Fsp3) is 0.316. The maximum atomic E-state index is 12.8. The molecular formula is C19H21ClN4O3S. The van der Waals surface area contributed by atoms with Crippen molar-refractivity contribution in [3.63, 3.8) is 0 Å². The van der Waals surface area contributed by atoms with E-state index in [1.54, 1.807) is 40.1 Å². The summed E-state index contributed by atoms with van der Waals surface area (Å²) < 4.78 is 0. The molecule has 1 aromatic carbocycles. The molecule has 1 atom stereocenters. The quantitative estimate of drug-likeness (QED) is 0.777. The van der Waals surface area contributed by atoms with Gasteiger partial charge in [0.2, 0.25) is 5.91 Å². The second-order valence-electron chi connectivity index (χ2n) is 6.44. The predicted molar refractivity (Wildman–Crippen MR) is 108 cm³/mol.